The fourth-order valence-electron chi connectivity index (χ4n) is 1.74. The molecule has 0 atom stereocenters. The highest BCUT2D eigenvalue weighted by Crippen LogP contribution is 2.32. The van der Waals surface area contributed by atoms with E-state index in [-0.39, 0.29) is 23.6 Å². The van der Waals surface area contributed by atoms with Crippen LogP contribution in [-0.4, -0.2) is 16.0 Å². The SMILES string of the molecule is O=C(O)Cc1cccc(Oc2cc(F)ccc2[N+](=O)[O-])c1. The van der Waals surface area contributed by atoms with Crippen molar-refractivity contribution in [3.8, 4) is 11.5 Å². The van der Waals surface area contributed by atoms with Crippen LogP contribution in [0.4, 0.5) is 10.1 Å². The summed E-state index contributed by atoms with van der Waals surface area (Å²) < 4.78 is 18.5. The third kappa shape index (κ3) is 3.75. The average molecular weight is 291 g/mol. The zero-order valence-electron chi connectivity index (χ0n) is 10.7. The molecule has 0 aliphatic rings. The Bertz CT molecular complexity index is 702. The van der Waals surface area contributed by atoms with E-state index >= 15 is 0 Å². The molecule has 2 aromatic rings. The number of carboxylic acid groups (broad SMARTS) is 1. The number of nitro benzene ring substituents is 1. The van der Waals surface area contributed by atoms with Gasteiger partial charge in [0, 0.05) is 12.1 Å². The van der Waals surface area contributed by atoms with Gasteiger partial charge < -0.3 is 9.84 Å². The van der Waals surface area contributed by atoms with Gasteiger partial charge in [-0.2, -0.15) is 0 Å². The minimum absolute atomic E-state index is 0.197. The Labute approximate surface area is 118 Å². The first-order valence-electron chi connectivity index (χ1n) is 5.88. The van der Waals surface area contributed by atoms with Gasteiger partial charge in [-0.15, -0.1) is 0 Å². The fraction of sp³-hybridized carbons (Fsp3) is 0.0714. The number of rotatable bonds is 5. The molecule has 0 aromatic heterocycles. The van der Waals surface area contributed by atoms with Gasteiger partial charge in [-0.3, -0.25) is 14.9 Å². The van der Waals surface area contributed by atoms with Crippen LogP contribution < -0.4 is 4.74 Å². The van der Waals surface area contributed by atoms with E-state index in [1.807, 2.05) is 0 Å². The number of nitrogens with zero attached hydrogens (tertiary/aromatic N) is 1. The zero-order valence-corrected chi connectivity index (χ0v) is 10.7. The van der Waals surface area contributed by atoms with E-state index in [4.69, 9.17) is 9.84 Å². The maximum absolute atomic E-state index is 13.2. The molecule has 6 nitrogen and oxygen atoms in total. The van der Waals surface area contributed by atoms with Crippen LogP contribution >= 0.6 is 0 Å². The van der Waals surface area contributed by atoms with Gasteiger partial charge in [0.1, 0.15) is 11.6 Å². The Morgan fingerprint density at radius 2 is 2.05 bits per heavy atom. The predicted molar refractivity (Wildman–Crippen MR) is 70.9 cm³/mol. The molecule has 0 heterocycles. The Hall–Kier alpha value is -2.96. The quantitative estimate of drug-likeness (QED) is 0.675. The molecule has 0 bridgehead atoms. The van der Waals surface area contributed by atoms with E-state index in [1.54, 1.807) is 12.1 Å². The second-order valence-electron chi connectivity index (χ2n) is 4.19. The van der Waals surface area contributed by atoms with Crippen LogP contribution in [0.1, 0.15) is 5.56 Å². The summed E-state index contributed by atoms with van der Waals surface area (Å²) in [4.78, 5) is 20.8. The largest absolute Gasteiger partial charge is 0.481 e. The Morgan fingerprint density at radius 1 is 1.29 bits per heavy atom. The first-order chi connectivity index (χ1) is 9.95. The van der Waals surface area contributed by atoms with Crippen LogP contribution in [0.25, 0.3) is 0 Å². The van der Waals surface area contributed by atoms with E-state index in [2.05, 4.69) is 0 Å². The number of carboxylic acids is 1. The summed E-state index contributed by atoms with van der Waals surface area (Å²) in [5, 5.41) is 19.6. The lowest BCUT2D eigenvalue weighted by atomic mass is 10.1. The van der Waals surface area contributed by atoms with Crippen molar-refractivity contribution in [2.24, 2.45) is 0 Å². The normalized spacial score (nSPS) is 10.1. The molecule has 0 fully saturated rings. The van der Waals surface area contributed by atoms with Crippen LogP contribution in [0.15, 0.2) is 42.5 Å². The van der Waals surface area contributed by atoms with Crippen molar-refractivity contribution >= 4 is 11.7 Å². The van der Waals surface area contributed by atoms with Gasteiger partial charge in [-0.05, 0) is 23.8 Å². The van der Waals surface area contributed by atoms with Gasteiger partial charge in [0.05, 0.1) is 11.3 Å². The van der Waals surface area contributed by atoms with Crippen LogP contribution in [0, 0.1) is 15.9 Å². The lowest BCUT2D eigenvalue weighted by molar-refractivity contribution is -0.385. The van der Waals surface area contributed by atoms with Crippen LogP contribution in [-0.2, 0) is 11.2 Å². The fourth-order valence-corrected chi connectivity index (χ4v) is 1.74. The standard InChI is InChI=1S/C14H10FNO5/c15-10-4-5-12(16(19)20)13(8-10)21-11-3-1-2-9(6-11)7-14(17)18/h1-6,8H,7H2,(H,17,18). The molecule has 0 amide bonds. The van der Waals surface area contributed by atoms with Crippen molar-refractivity contribution in [1.29, 1.82) is 0 Å². The molecule has 2 rings (SSSR count). The van der Waals surface area contributed by atoms with Gasteiger partial charge in [-0.25, -0.2) is 4.39 Å². The number of ether oxygens (including phenoxy) is 1. The number of aliphatic carboxylic acids is 1. The van der Waals surface area contributed by atoms with Crippen molar-refractivity contribution < 1.29 is 24.0 Å². The number of halogens is 1. The maximum atomic E-state index is 13.2. The van der Waals surface area contributed by atoms with Crippen molar-refractivity contribution in [2.75, 3.05) is 0 Å². The summed E-state index contributed by atoms with van der Waals surface area (Å²) in [6.45, 7) is 0. The first-order valence-corrected chi connectivity index (χ1v) is 5.88. The Balaban J connectivity index is 2.31. The second kappa shape index (κ2) is 6.00. The molecule has 108 valence electrons. The van der Waals surface area contributed by atoms with Gasteiger partial charge in [-0.1, -0.05) is 12.1 Å². The molecule has 0 aliphatic carbocycles. The van der Waals surface area contributed by atoms with Crippen molar-refractivity contribution in [1.82, 2.24) is 0 Å². The summed E-state index contributed by atoms with van der Waals surface area (Å²) in [6.07, 6.45) is -0.206. The zero-order chi connectivity index (χ0) is 15.4. The van der Waals surface area contributed by atoms with Crippen molar-refractivity contribution in [3.05, 3.63) is 64.0 Å². The highest BCUT2D eigenvalue weighted by atomic mass is 19.1. The average Bonchev–Trinajstić information content (AvgIpc) is 2.38. The lowest BCUT2D eigenvalue weighted by Crippen LogP contribution is -2.00. The van der Waals surface area contributed by atoms with Gasteiger partial charge in [0.25, 0.3) is 0 Å². The van der Waals surface area contributed by atoms with E-state index in [9.17, 15) is 19.3 Å². The van der Waals surface area contributed by atoms with Crippen LogP contribution in [0.3, 0.4) is 0 Å². The van der Waals surface area contributed by atoms with Crippen LogP contribution in [0.2, 0.25) is 0 Å². The molecule has 0 spiro atoms. The number of carbonyl (C=O) groups is 1. The topological polar surface area (TPSA) is 89.7 Å². The van der Waals surface area contributed by atoms with Gasteiger partial charge in [0.2, 0.25) is 5.75 Å². The highest BCUT2D eigenvalue weighted by molar-refractivity contribution is 5.70. The minimum Gasteiger partial charge on any atom is -0.481 e. The molecule has 0 aliphatic heterocycles. The predicted octanol–water partition coefficient (Wildman–Crippen LogP) is 3.15. The summed E-state index contributed by atoms with van der Waals surface area (Å²) in [5.74, 6) is -1.73. The summed E-state index contributed by atoms with van der Waals surface area (Å²) in [5.41, 5.74) is 0.0964. The molecule has 0 saturated heterocycles. The highest BCUT2D eigenvalue weighted by Gasteiger charge is 2.16. The Kier molecular flexibility index (Phi) is 4.13. The molecule has 0 radical (unpaired) electrons. The van der Waals surface area contributed by atoms with Gasteiger partial charge in [0.15, 0.2) is 0 Å². The monoisotopic (exact) mass is 291 g/mol. The molecule has 0 saturated carbocycles. The number of hydrogen-bond donors (Lipinski definition) is 1. The lowest BCUT2D eigenvalue weighted by Gasteiger charge is -2.07. The summed E-state index contributed by atoms with van der Waals surface area (Å²) in [6, 6.07) is 8.95. The third-order valence-electron chi connectivity index (χ3n) is 2.60. The van der Waals surface area contributed by atoms with Gasteiger partial charge >= 0.3 is 11.7 Å². The molecule has 0 unspecified atom stereocenters. The third-order valence-corrected chi connectivity index (χ3v) is 2.60. The molecular weight excluding hydrogens is 281 g/mol. The Morgan fingerprint density at radius 3 is 2.71 bits per heavy atom. The number of hydrogen-bond acceptors (Lipinski definition) is 4. The minimum atomic E-state index is -1.01. The smallest absolute Gasteiger partial charge is 0.311 e. The van der Waals surface area contributed by atoms with E-state index < -0.39 is 16.7 Å². The number of nitro groups is 1. The summed E-state index contributed by atoms with van der Waals surface area (Å²) >= 11 is 0. The molecule has 2 aromatic carbocycles. The first kappa shape index (κ1) is 14.4. The van der Waals surface area contributed by atoms with E-state index in [0.29, 0.717) is 5.56 Å². The molecule has 1 N–H and O–H groups in total. The van der Waals surface area contributed by atoms with Crippen LogP contribution in [0.5, 0.6) is 11.5 Å². The van der Waals surface area contributed by atoms with Crippen molar-refractivity contribution in [2.45, 2.75) is 6.42 Å². The molecule has 7 heteroatoms. The maximum Gasteiger partial charge on any atom is 0.311 e. The van der Waals surface area contributed by atoms with Crippen molar-refractivity contribution in [3.63, 3.8) is 0 Å². The number of benzene rings is 2. The van der Waals surface area contributed by atoms with E-state index in [1.165, 1.54) is 12.1 Å². The van der Waals surface area contributed by atoms with E-state index in [0.717, 1.165) is 18.2 Å². The second-order valence-corrected chi connectivity index (χ2v) is 4.19. The summed E-state index contributed by atoms with van der Waals surface area (Å²) in [7, 11) is 0. The molecular formula is C14H10FNO5. The molecule has 21 heavy (non-hydrogen) atoms.